The molecule has 1 aliphatic heterocycles. The number of sulfonamides is 1. The number of hydrogen-bond donors (Lipinski definition) is 1. The lowest BCUT2D eigenvalue weighted by molar-refractivity contribution is -0.117. The van der Waals surface area contributed by atoms with Gasteiger partial charge < -0.3 is 10.2 Å². The molecule has 1 fully saturated rings. The van der Waals surface area contributed by atoms with E-state index in [1.807, 2.05) is 36.1 Å². The zero-order valence-corrected chi connectivity index (χ0v) is 20.6. The number of piperazine rings is 1. The van der Waals surface area contributed by atoms with E-state index < -0.39 is 10.0 Å². The number of anilines is 1. The zero-order chi connectivity index (χ0) is 24.2. The predicted octanol–water partition coefficient (Wildman–Crippen LogP) is 2.55. The molecule has 0 atom stereocenters. The van der Waals surface area contributed by atoms with Crippen molar-refractivity contribution in [3.8, 4) is 0 Å². The first-order chi connectivity index (χ1) is 15.6. The topological polar surface area (TPSA) is 90.0 Å². The van der Waals surface area contributed by atoms with Gasteiger partial charge in [-0.2, -0.15) is 0 Å². The van der Waals surface area contributed by atoms with E-state index in [0.717, 1.165) is 22.0 Å². The predicted molar refractivity (Wildman–Crippen MR) is 129 cm³/mol. The molecule has 178 valence electrons. The van der Waals surface area contributed by atoms with Gasteiger partial charge in [0.05, 0.1) is 22.0 Å². The number of benzene rings is 2. The van der Waals surface area contributed by atoms with E-state index in [1.54, 1.807) is 4.90 Å². The summed E-state index contributed by atoms with van der Waals surface area (Å²) in [6, 6.07) is 11.9. The first-order valence-corrected chi connectivity index (χ1v) is 12.6. The highest BCUT2D eigenvalue weighted by atomic mass is 35.5. The van der Waals surface area contributed by atoms with Crippen molar-refractivity contribution in [3.63, 3.8) is 0 Å². The van der Waals surface area contributed by atoms with Gasteiger partial charge in [0.25, 0.3) is 5.91 Å². The van der Waals surface area contributed by atoms with Gasteiger partial charge in [0, 0.05) is 46.0 Å². The third-order valence-electron chi connectivity index (χ3n) is 5.65. The number of rotatable bonds is 7. The maximum absolute atomic E-state index is 13.0. The second-order valence-corrected chi connectivity index (χ2v) is 10.6. The van der Waals surface area contributed by atoms with E-state index in [4.69, 9.17) is 11.6 Å². The number of para-hydroxylation sites is 1. The number of nitrogens with one attached hydrogen (secondary N) is 1. The average Bonchev–Trinajstić information content (AvgIpc) is 2.79. The molecule has 2 aromatic carbocycles. The molecule has 8 nitrogen and oxygen atoms in total. The number of carbonyl (C=O) groups excluding carboxylic acids is 2. The van der Waals surface area contributed by atoms with Gasteiger partial charge in [-0.25, -0.2) is 12.7 Å². The number of hydrogen-bond acceptors (Lipinski definition) is 5. The normalized spacial score (nSPS) is 15.0. The molecule has 0 aromatic heterocycles. The largest absolute Gasteiger partial charge is 0.336 e. The van der Waals surface area contributed by atoms with E-state index in [0.29, 0.717) is 26.2 Å². The van der Waals surface area contributed by atoms with Gasteiger partial charge in [0.2, 0.25) is 15.9 Å². The Morgan fingerprint density at radius 2 is 1.73 bits per heavy atom. The lowest BCUT2D eigenvalue weighted by Crippen LogP contribution is -2.50. The fourth-order valence-corrected chi connectivity index (χ4v) is 4.79. The maximum atomic E-state index is 13.0. The van der Waals surface area contributed by atoms with Gasteiger partial charge in [0.15, 0.2) is 0 Å². The number of carbonyl (C=O) groups is 2. The minimum Gasteiger partial charge on any atom is -0.336 e. The maximum Gasteiger partial charge on any atom is 0.255 e. The van der Waals surface area contributed by atoms with Crippen LogP contribution in [0.2, 0.25) is 5.02 Å². The van der Waals surface area contributed by atoms with Crippen LogP contribution in [-0.4, -0.2) is 81.2 Å². The highest BCUT2D eigenvalue weighted by molar-refractivity contribution is 7.89. The van der Waals surface area contributed by atoms with Crippen molar-refractivity contribution >= 4 is 39.1 Å². The van der Waals surface area contributed by atoms with Crippen LogP contribution in [0.25, 0.3) is 0 Å². The molecule has 3 rings (SSSR count). The summed E-state index contributed by atoms with van der Waals surface area (Å²) in [6.07, 6.45) is 0.830. The Balaban J connectivity index is 1.61. The Labute approximate surface area is 200 Å². The lowest BCUT2D eigenvalue weighted by Gasteiger charge is -2.34. The van der Waals surface area contributed by atoms with Crippen molar-refractivity contribution in [1.82, 2.24) is 14.1 Å². The summed E-state index contributed by atoms with van der Waals surface area (Å²) in [5, 5.41) is 3.17. The molecule has 0 radical (unpaired) electrons. The summed E-state index contributed by atoms with van der Waals surface area (Å²) in [6.45, 7) is 4.16. The molecule has 0 saturated carbocycles. The quantitative estimate of drug-likeness (QED) is 0.641. The van der Waals surface area contributed by atoms with E-state index in [-0.39, 0.29) is 33.8 Å². The molecule has 1 N–H and O–H groups in total. The van der Waals surface area contributed by atoms with E-state index in [2.05, 4.69) is 5.32 Å². The van der Waals surface area contributed by atoms with Crippen molar-refractivity contribution in [2.75, 3.05) is 52.1 Å². The Morgan fingerprint density at radius 3 is 2.36 bits per heavy atom. The van der Waals surface area contributed by atoms with Crippen LogP contribution >= 0.6 is 11.6 Å². The second-order valence-electron chi connectivity index (χ2n) is 8.06. The van der Waals surface area contributed by atoms with Crippen LogP contribution in [-0.2, 0) is 21.2 Å². The second kappa shape index (κ2) is 10.6. The number of halogens is 1. The third kappa shape index (κ3) is 5.92. The van der Waals surface area contributed by atoms with Crippen LogP contribution < -0.4 is 5.32 Å². The molecule has 1 heterocycles. The molecular formula is C23H29ClN4O4S. The molecule has 1 aliphatic rings. The van der Waals surface area contributed by atoms with Gasteiger partial charge >= 0.3 is 0 Å². The molecule has 0 spiro atoms. The summed E-state index contributed by atoms with van der Waals surface area (Å²) < 4.78 is 25.9. The molecule has 10 heteroatoms. The summed E-state index contributed by atoms with van der Waals surface area (Å²) in [5.41, 5.74) is 2.06. The molecule has 2 amide bonds. The number of aryl methyl sites for hydroxylation is 1. The van der Waals surface area contributed by atoms with E-state index in [9.17, 15) is 18.0 Å². The highest BCUT2D eigenvalue weighted by Crippen LogP contribution is 2.24. The summed E-state index contributed by atoms with van der Waals surface area (Å²) in [7, 11) is -0.818. The lowest BCUT2D eigenvalue weighted by atomic mass is 10.1. The van der Waals surface area contributed by atoms with Crippen molar-refractivity contribution in [1.29, 1.82) is 0 Å². The zero-order valence-electron chi connectivity index (χ0n) is 19.0. The molecule has 0 bridgehead atoms. The minimum atomic E-state index is -3.68. The minimum absolute atomic E-state index is 0.0166. The Kier molecular flexibility index (Phi) is 8.12. The van der Waals surface area contributed by atoms with Crippen molar-refractivity contribution in [2.45, 2.75) is 18.2 Å². The SMILES string of the molecule is CCc1ccccc1NC(=O)CN1CCN(C(=O)c2cc(S(=O)(=O)N(C)C)ccc2Cl)CC1. The monoisotopic (exact) mass is 492 g/mol. The van der Waals surface area contributed by atoms with Gasteiger partial charge in [-0.05, 0) is 36.2 Å². The van der Waals surface area contributed by atoms with Gasteiger partial charge in [0.1, 0.15) is 0 Å². The van der Waals surface area contributed by atoms with Gasteiger partial charge in [-0.1, -0.05) is 36.7 Å². The first kappa shape index (κ1) is 25.2. The van der Waals surface area contributed by atoms with Crippen molar-refractivity contribution < 1.29 is 18.0 Å². The molecule has 2 aromatic rings. The van der Waals surface area contributed by atoms with Crippen LogP contribution in [0.1, 0.15) is 22.8 Å². The molecular weight excluding hydrogens is 464 g/mol. The number of amides is 2. The van der Waals surface area contributed by atoms with Crippen molar-refractivity contribution in [3.05, 3.63) is 58.6 Å². The average molecular weight is 493 g/mol. The smallest absolute Gasteiger partial charge is 0.255 e. The summed E-state index contributed by atoms with van der Waals surface area (Å²) >= 11 is 6.22. The van der Waals surface area contributed by atoms with E-state index >= 15 is 0 Å². The Morgan fingerprint density at radius 1 is 1.06 bits per heavy atom. The van der Waals surface area contributed by atoms with Crippen molar-refractivity contribution in [2.24, 2.45) is 0 Å². The Hall–Kier alpha value is -2.46. The highest BCUT2D eigenvalue weighted by Gasteiger charge is 2.27. The molecule has 0 aliphatic carbocycles. The molecule has 0 unspecified atom stereocenters. The molecule has 1 saturated heterocycles. The first-order valence-electron chi connectivity index (χ1n) is 10.7. The third-order valence-corrected chi connectivity index (χ3v) is 7.79. The fraction of sp³-hybridized carbons (Fsp3) is 0.391. The molecule has 33 heavy (non-hydrogen) atoms. The van der Waals surface area contributed by atoms with E-state index in [1.165, 1.54) is 32.3 Å². The van der Waals surface area contributed by atoms with Gasteiger partial charge in [-0.3, -0.25) is 14.5 Å². The fourth-order valence-electron chi connectivity index (χ4n) is 3.66. The Bertz CT molecular complexity index is 1130. The van der Waals surface area contributed by atoms with Crippen LogP contribution in [0.5, 0.6) is 0 Å². The van der Waals surface area contributed by atoms with Crippen LogP contribution in [0.4, 0.5) is 5.69 Å². The standard InChI is InChI=1S/C23H29ClN4O4S/c1-4-17-7-5-6-8-21(17)25-22(29)16-27-11-13-28(14-12-27)23(30)19-15-18(9-10-20(19)24)33(31,32)26(2)3/h5-10,15H,4,11-14,16H2,1-3H3,(H,25,29). The van der Waals surface area contributed by atoms with Gasteiger partial charge in [-0.15, -0.1) is 0 Å². The number of nitrogens with zero attached hydrogens (tertiary/aromatic N) is 3. The van der Waals surface area contributed by atoms with Crippen LogP contribution in [0.3, 0.4) is 0 Å². The van der Waals surface area contributed by atoms with Crippen LogP contribution in [0.15, 0.2) is 47.4 Å². The van der Waals surface area contributed by atoms with Crippen LogP contribution in [0, 0.1) is 0 Å². The summed E-state index contributed by atoms with van der Waals surface area (Å²) in [4.78, 5) is 29.2. The summed E-state index contributed by atoms with van der Waals surface area (Å²) in [5.74, 6) is -0.419.